The van der Waals surface area contributed by atoms with Gasteiger partial charge in [-0.15, -0.1) is 0 Å². The van der Waals surface area contributed by atoms with Gasteiger partial charge in [-0.2, -0.15) is 0 Å². The van der Waals surface area contributed by atoms with Crippen molar-refractivity contribution < 1.29 is 4.79 Å². The maximum Gasteiger partial charge on any atom is 0.269 e. The normalized spacial score (nSPS) is 9.79. The van der Waals surface area contributed by atoms with Crippen LogP contribution in [-0.2, 0) is 0 Å². The highest BCUT2D eigenvalue weighted by molar-refractivity contribution is 5.92. The molecule has 0 aliphatic heterocycles. The molecule has 4 heteroatoms. The number of likely N-dealkylation sites (N-methyl/N-ethyl adjacent to an activating group) is 1. The maximum atomic E-state index is 11.4. The summed E-state index contributed by atoms with van der Waals surface area (Å²) < 4.78 is 0. The number of pyridine rings is 1. The van der Waals surface area contributed by atoms with Crippen LogP contribution in [0.2, 0.25) is 0 Å². The number of rotatable bonds is 5. The summed E-state index contributed by atoms with van der Waals surface area (Å²) in [6.07, 6.45) is 1.61. The van der Waals surface area contributed by atoms with E-state index < -0.39 is 0 Å². The second-order valence-electron chi connectivity index (χ2n) is 2.82. The number of hydrogen-bond acceptors (Lipinski definition) is 3. The summed E-state index contributed by atoms with van der Waals surface area (Å²) in [4.78, 5) is 15.4. The van der Waals surface area contributed by atoms with E-state index in [4.69, 9.17) is 0 Å². The molecule has 4 nitrogen and oxygen atoms in total. The van der Waals surface area contributed by atoms with Gasteiger partial charge in [0.2, 0.25) is 0 Å². The summed E-state index contributed by atoms with van der Waals surface area (Å²) in [5.74, 6) is -0.122. The monoisotopic (exact) mass is 193 g/mol. The van der Waals surface area contributed by atoms with E-state index in [1.807, 2.05) is 6.92 Å². The quantitative estimate of drug-likeness (QED) is 0.666. The second-order valence-corrected chi connectivity index (χ2v) is 2.82. The van der Waals surface area contributed by atoms with Crippen LogP contribution < -0.4 is 10.6 Å². The molecule has 14 heavy (non-hydrogen) atoms. The van der Waals surface area contributed by atoms with Crippen LogP contribution in [0.3, 0.4) is 0 Å². The third-order valence-corrected chi connectivity index (χ3v) is 1.73. The van der Waals surface area contributed by atoms with Crippen molar-refractivity contribution in [2.45, 2.75) is 6.92 Å². The Balaban J connectivity index is 2.29. The van der Waals surface area contributed by atoms with Crippen molar-refractivity contribution in [1.82, 2.24) is 15.6 Å². The Morgan fingerprint density at radius 1 is 1.43 bits per heavy atom. The lowest BCUT2D eigenvalue weighted by molar-refractivity contribution is 0.0949. The number of carbonyl (C=O) groups excluding carboxylic acids is 1. The van der Waals surface area contributed by atoms with Crippen LogP contribution in [0.1, 0.15) is 17.4 Å². The molecule has 0 fully saturated rings. The van der Waals surface area contributed by atoms with Gasteiger partial charge in [0, 0.05) is 19.3 Å². The van der Waals surface area contributed by atoms with Crippen LogP contribution in [0.4, 0.5) is 0 Å². The second kappa shape index (κ2) is 6.10. The molecule has 0 atom stereocenters. The number of hydrogen-bond donors (Lipinski definition) is 2. The van der Waals surface area contributed by atoms with Crippen LogP contribution in [-0.4, -0.2) is 30.5 Å². The lowest BCUT2D eigenvalue weighted by atomic mass is 10.3. The van der Waals surface area contributed by atoms with E-state index in [-0.39, 0.29) is 5.91 Å². The van der Waals surface area contributed by atoms with Crippen molar-refractivity contribution in [3.05, 3.63) is 30.1 Å². The van der Waals surface area contributed by atoms with Crippen molar-refractivity contribution in [3.63, 3.8) is 0 Å². The van der Waals surface area contributed by atoms with E-state index >= 15 is 0 Å². The highest BCUT2D eigenvalue weighted by Crippen LogP contribution is 1.91. The summed E-state index contributed by atoms with van der Waals surface area (Å²) in [5, 5.41) is 5.89. The van der Waals surface area contributed by atoms with Gasteiger partial charge < -0.3 is 10.6 Å². The van der Waals surface area contributed by atoms with Gasteiger partial charge >= 0.3 is 0 Å². The molecule has 1 heterocycles. The average Bonchev–Trinajstić information content (AvgIpc) is 2.25. The maximum absolute atomic E-state index is 11.4. The molecule has 2 N–H and O–H groups in total. The Morgan fingerprint density at radius 3 is 2.93 bits per heavy atom. The first kappa shape index (κ1) is 10.7. The number of carbonyl (C=O) groups is 1. The van der Waals surface area contributed by atoms with Gasteiger partial charge in [0.1, 0.15) is 5.69 Å². The molecule has 1 aromatic heterocycles. The fourth-order valence-electron chi connectivity index (χ4n) is 1.03. The van der Waals surface area contributed by atoms with Gasteiger partial charge in [-0.1, -0.05) is 13.0 Å². The predicted octanol–water partition coefficient (Wildman–Crippen LogP) is 0.421. The Morgan fingerprint density at radius 2 is 2.29 bits per heavy atom. The number of nitrogens with one attached hydrogen (secondary N) is 2. The largest absolute Gasteiger partial charge is 0.349 e. The first-order valence-corrected chi connectivity index (χ1v) is 4.74. The standard InChI is InChI=1S/C10H15N3O/c1-2-11-7-8-13-10(14)9-5-3-4-6-12-9/h3-6,11H,2,7-8H2,1H3,(H,13,14). The average molecular weight is 193 g/mol. The highest BCUT2D eigenvalue weighted by Gasteiger charge is 2.03. The first-order chi connectivity index (χ1) is 6.84. The lowest BCUT2D eigenvalue weighted by Crippen LogP contribution is -2.32. The number of nitrogens with zero attached hydrogens (tertiary/aromatic N) is 1. The van der Waals surface area contributed by atoms with Gasteiger partial charge in [0.25, 0.3) is 5.91 Å². The third-order valence-electron chi connectivity index (χ3n) is 1.73. The van der Waals surface area contributed by atoms with Gasteiger partial charge in [0.05, 0.1) is 0 Å². The molecule has 0 bridgehead atoms. The highest BCUT2D eigenvalue weighted by atomic mass is 16.1. The number of amides is 1. The van der Waals surface area contributed by atoms with Gasteiger partial charge in [-0.3, -0.25) is 9.78 Å². The predicted molar refractivity (Wildman–Crippen MR) is 55.1 cm³/mol. The zero-order valence-electron chi connectivity index (χ0n) is 8.29. The van der Waals surface area contributed by atoms with Gasteiger partial charge in [0.15, 0.2) is 0 Å². The first-order valence-electron chi connectivity index (χ1n) is 4.74. The van der Waals surface area contributed by atoms with E-state index in [1.54, 1.807) is 24.4 Å². The van der Waals surface area contributed by atoms with Crippen molar-refractivity contribution in [2.24, 2.45) is 0 Å². The van der Waals surface area contributed by atoms with Crippen LogP contribution in [0, 0.1) is 0 Å². The summed E-state index contributed by atoms with van der Waals surface area (Å²) in [5.41, 5.74) is 0.462. The molecule has 0 unspecified atom stereocenters. The topological polar surface area (TPSA) is 54.0 Å². The minimum Gasteiger partial charge on any atom is -0.349 e. The van der Waals surface area contributed by atoms with E-state index in [0.717, 1.165) is 13.1 Å². The Bertz CT molecular complexity index is 274. The van der Waals surface area contributed by atoms with Crippen LogP contribution in [0.5, 0.6) is 0 Å². The Kier molecular flexibility index (Phi) is 4.64. The fourth-order valence-corrected chi connectivity index (χ4v) is 1.03. The minimum atomic E-state index is -0.122. The van der Waals surface area contributed by atoms with Crippen molar-refractivity contribution in [2.75, 3.05) is 19.6 Å². The Hall–Kier alpha value is -1.42. The summed E-state index contributed by atoms with van der Waals surface area (Å²) >= 11 is 0. The van der Waals surface area contributed by atoms with Gasteiger partial charge in [-0.05, 0) is 18.7 Å². The molecule has 0 aliphatic rings. The lowest BCUT2D eigenvalue weighted by Gasteiger charge is -2.04. The Labute approximate surface area is 83.7 Å². The summed E-state index contributed by atoms with van der Waals surface area (Å²) in [7, 11) is 0. The molecular formula is C10H15N3O. The fraction of sp³-hybridized carbons (Fsp3) is 0.400. The molecule has 0 radical (unpaired) electrons. The van der Waals surface area contributed by atoms with Crippen molar-refractivity contribution in [3.8, 4) is 0 Å². The third kappa shape index (κ3) is 3.53. The molecule has 0 aliphatic carbocycles. The summed E-state index contributed by atoms with van der Waals surface area (Å²) in [6, 6.07) is 5.28. The minimum absolute atomic E-state index is 0.122. The van der Waals surface area contributed by atoms with E-state index in [1.165, 1.54) is 0 Å². The SMILES string of the molecule is CCNCCNC(=O)c1ccccn1. The van der Waals surface area contributed by atoms with Crippen LogP contribution in [0.15, 0.2) is 24.4 Å². The zero-order valence-corrected chi connectivity index (χ0v) is 8.29. The molecular weight excluding hydrogens is 178 g/mol. The van der Waals surface area contributed by atoms with Crippen LogP contribution in [0.25, 0.3) is 0 Å². The summed E-state index contributed by atoms with van der Waals surface area (Å²) in [6.45, 7) is 4.36. The van der Waals surface area contributed by atoms with E-state index in [9.17, 15) is 4.79 Å². The molecule has 0 spiro atoms. The molecule has 1 amide bonds. The molecule has 76 valence electrons. The molecule has 0 saturated heterocycles. The van der Waals surface area contributed by atoms with Crippen molar-refractivity contribution >= 4 is 5.91 Å². The van der Waals surface area contributed by atoms with Crippen LogP contribution >= 0.6 is 0 Å². The van der Waals surface area contributed by atoms with Crippen molar-refractivity contribution in [1.29, 1.82) is 0 Å². The molecule has 0 saturated carbocycles. The van der Waals surface area contributed by atoms with Gasteiger partial charge in [-0.25, -0.2) is 0 Å². The molecule has 1 rings (SSSR count). The number of aromatic nitrogens is 1. The molecule has 0 aromatic carbocycles. The molecule has 1 aromatic rings. The zero-order chi connectivity index (χ0) is 10.2. The smallest absolute Gasteiger partial charge is 0.269 e. The van der Waals surface area contributed by atoms with E-state index in [0.29, 0.717) is 12.2 Å². The van der Waals surface area contributed by atoms with E-state index in [2.05, 4.69) is 15.6 Å².